The summed E-state index contributed by atoms with van der Waals surface area (Å²) in [5, 5.41) is 0.671. The molecule has 1 aromatic carbocycles. The van der Waals surface area contributed by atoms with Gasteiger partial charge in [-0.15, -0.1) is 11.3 Å². The lowest BCUT2D eigenvalue weighted by Crippen LogP contribution is -1.94. The van der Waals surface area contributed by atoms with Gasteiger partial charge in [-0.05, 0) is 29.8 Å². The summed E-state index contributed by atoms with van der Waals surface area (Å²) < 4.78 is 0. The van der Waals surface area contributed by atoms with Crippen LogP contribution in [0.4, 0.5) is 0 Å². The number of thiophene rings is 1. The molecule has 0 fully saturated rings. The lowest BCUT2D eigenvalue weighted by molar-refractivity contribution is -0.104. The Morgan fingerprint density at radius 3 is 2.44 bits per heavy atom. The molecule has 0 amide bonds. The maximum atomic E-state index is 11.1. The fourth-order valence-corrected chi connectivity index (χ4v) is 2.34. The first-order chi connectivity index (χ1) is 7.70. The van der Waals surface area contributed by atoms with Crippen LogP contribution in [0.5, 0.6) is 0 Å². The van der Waals surface area contributed by atoms with E-state index in [4.69, 9.17) is 11.6 Å². The van der Waals surface area contributed by atoms with Gasteiger partial charge >= 0.3 is 0 Å². The van der Waals surface area contributed by atoms with Gasteiger partial charge < -0.3 is 0 Å². The Labute approximate surface area is 101 Å². The standard InChI is InChI=1S/C12H7ClO2S/c13-9-3-1-8(2-4-9)11-5-6-12(16-11)10(15)7-14/h1-7H. The Morgan fingerprint density at radius 1 is 1.12 bits per heavy atom. The van der Waals surface area contributed by atoms with Gasteiger partial charge in [-0.1, -0.05) is 23.7 Å². The topological polar surface area (TPSA) is 34.1 Å². The van der Waals surface area contributed by atoms with Crippen LogP contribution < -0.4 is 0 Å². The van der Waals surface area contributed by atoms with Crippen LogP contribution in [0.2, 0.25) is 5.02 Å². The molecule has 0 atom stereocenters. The molecule has 80 valence electrons. The molecule has 0 aliphatic rings. The van der Waals surface area contributed by atoms with Crippen molar-refractivity contribution in [3.8, 4) is 10.4 Å². The second-order valence-electron chi connectivity index (χ2n) is 3.15. The average Bonchev–Trinajstić information content (AvgIpc) is 2.78. The van der Waals surface area contributed by atoms with E-state index in [0.717, 1.165) is 10.4 Å². The average molecular weight is 251 g/mol. The molecule has 1 aromatic heterocycles. The Bertz CT molecular complexity index is 528. The van der Waals surface area contributed by atoms with E-state index in [0.29, 0.717) is 16.2 Å². The molecule has 0 radical (unpaired) electrons. The lowest BCUT2D eigenvalue weighted by Gasteiger charge is -1.96. The van der Waals surface area contributed by atoms with Crippen molar-refractivity contribution in [2.45, 2.75) is 0 Å². The van der Waals surface area contributed by atoms with Crippen LogP contribution in [0, 0.1) is 0 Å². The normalized spacial score (nSPS) is 10.1. The van der Waals surface area contributed by atoms with E-state index < -0.39 is 5.78 Å². The minimum Gasteiger partial charge on any atom is -0.294 e. The summed E-state index contributed by atoms with van der Waals surface area (Å²) in [5.74, 6) is -0.481. The fourth-order valence-electron chi connectivity index (χ4n) is 1.30. The number of halogens is 1. The first-order valence-corrected chi connectivity index (χ1v) is 5.75. The van der Waals surface area contributed by atoms with E-state index in [-0.39, 0.29) is 0 Å². The van der Waals surface area contributed by atoms with Crippen molar-refractivity contribution in [2.24, 2.45) is 0 Å². The number of carbonyl (C=O) groups excluding carboxylic acids is 2. The number of Topliss-reactive ketones (excluding diaryl/α,β-unsaturated/α-hetero) is 1. The van der Waals surface area contributed by atoms with Crippen molar-refractivity contribution in [3.05, 3.63) is 46.3 Å². The fraction of sp³-hybridized carbons (Fsp3) is 0. The first kappa shape index (κ1) is 11.0. The van der Waals surface area contributed by atoms with E-state index in [1.807, 2.05) is 18.2 Å². The largest absolute Gasteiger partial charge is 0.294 e. The Morgan fingerprint density at radius 2 is 1.81 bits per heavy atom. The summed E-state index contributed by atoms with van der Waals surface area (Å²) in [6.07, 6.45) is 0.331. The van der Waals surface area contributed by atoms with Crippen molar-refractivity contribution in [1.82, 2.24) is 0 Å². The second-order valence-corrected chi connectivity index (χ2v) is 4.67. The van der Waals surface area contributed by atoms with Crippen molar-refractivity contribution in [2.75, 3.05) is 0 Å². The van der Waals surface area contributed by atoms with Crippen LogP contribution in [0.1, 0.15) is 9.67 Å². The van der Waals surface area contributed by atoms with Crippen LogP contribution >= 0.6 is 22.9 Å². The highest BCUT2D eigenvalue weighted by Crippen LogP contribution is 2.28. The second kappa shape index (κ2) is 4.60. The zero-order valence-corrected chi connectivity index (χ0v) is 9.72. The number of rotatable bonds is 3. The Balaban J connectivity index is 2.35. The van der Waals surface area contributed by atoms with Gasteiger partial charge in [0.05, 0.1) is 4.88 Å². The zero-order chi connectivity index (χ0) is 11.5. The minimum atomic E-state index is -0.481. The molecule has 0 saturated carbocycles. The summed E-state index contributed by atoms with van der Waals surface area (Å²) in [4.78, 5) is 22.9. The maximum absolute atomic E-state index is 11.1. The SMILES string of the molecule is O=CC(=O)c1ccc(-c2ccc(Cl)cc2)s1. The lowest BCUT2D eigenvalue weighted by atomic mass is 10.2. The summed E-state index contributed by atoms with van der Waals surface area (Å²) in [6, 6.07) is 10.8. The van der Waals surface area contributed by atoms with Crippen molar-refractivity contribution >= 4 is 35.0 Å². The van der Waals surface area contributed by atoms with Crippen LogP contribution in [-0.2, 0) is 4.79 Å². The molecule has 0 saturated heterocycles. The van der Waals surface area contributed by atoms with Gasteiger partial charge in [-0.2, -0.15) is 0 Å². The molecular weight excluding hydrogens is 244 g/mol. The highest BCUT2D eigenvalue weighted by molar-refractivity contribution is 7.18. The number of hydrogen-bond acceptors (Lipinski definition) is 3. The quantitative estimate of drug-likeness (QED) is 0.475. The molecule has 2 aromatic rings. The predicted molar refractivity (Wildman–Crippen MR) is 65.2 cm³/mol. The van der Waals surface area contributed by atoms with Crippen LogP contribution in [0.25, 0.3) is 10.4 Å². The molecule has 0 aliphatic heterocycles. The molecule has 4 heteroatoms. The minimum absolute atomic E-state index is 0.331. The van der Waals surface area contributed by atoms with Gasteiger partial charge in [0.2, 0.25) is 5.78 Å². The molecule has 0 spiro atoms. The van der Waals surface area contributed by atoms with Gasteiger partial charge in [0.15, 0.2) is 6.29 Å². The van der Waals surface area contributed by atoms with Crippen molar-refractivity contribution in [1.29, 1.82) is 0 Å². The molecule has 0 unspecified atom stereocenters. The van der Waals surface area contributed by atoms with Gasteiger partial charge in [0.25, 0.3) is 0 Å². The molecular formula is C12H7ClO2S. The summed E-state index contributed by atoms with van der Waals surface area (Å²) in [6.45, 7) is 0. The molecule has 1 heterocycles. The third-order valence-corrected chi connectivity index (χ3v) is 3.49. The zero-order valence-electron chi connectivity index (χ0n) is 8.14. The highest BCUT2D eigenvalue weighted by Gasteiger charge is 2.08. The van der Waals surface area contributed by atoms with Crippen LogP contribution in [0.15, 0.2) is 36.4 Å². The van der Waals surface area contributed by atoms with E-state index in [1.54, 1.807) is 18.2 Å². The van der Waals surface area contributed by atoms with Crippen molar-refractivity contribution in [3.63, 3.8) is 0 Å². The van der Waals surface area contributed by atoms with E-state index in [9.17, 15) is 9.59 Å². The van der Waals surface area contributed by atoms with Crippen LogP contribution in [-0.4, -0.2) is 12.1 Å². The van der Waals surface area contributed by atoms with Crippen molar-refractivity contribution < 1.29 is 9.59 Å². The predicted octanol–water partition coefficient (Wildman–Crippen LogP) is 3.45. The number of aldehydes is 1. The van der Waals surface area contributed by atoms with Gasteiger partial charge in [0.1, 0.15) is 0 Å². The van der Waals surface area contributed by atoms with E-state index in [1.165, 1.54) is 11.3 Å². The van der Waals surface area contributed by atoms with Gasteiger partial charge in [-0.3, -0.25) is 9.59 Å². The molecule has 0 bridgehead atoms. The smallest absolute Gasteiger partial charge is 0.235 e. The first-order valence-electron chi connectivity index (χ1n) is 4.56. The summed E-state index contributed by atoms with van der Waals surface area (Å²) >= 11 is 7.08. The molecule has 2 nitrogen and oxygen atoms in total. The molecule has 16 heavy (non-hydrogen) atoms. The number of ketones is 1. The summed E-state index contributed by atoms with van der Waals surface area (Å²) in [7, 11) is 0. The number of carbonyl (C=O) groups is 2. The number of benzene rings is 1. The monoisotopic (exact) mass is 250 g/mol. The van der Waals surface area contributed by atoms with Gasteiger partial charge in [-0.25, -0.2) is 0 Å². The van der Waals surface area contributed by atoms with Gasteiger partial charge in [0, 0.05) is 9.90 Å². The highest BCUT2D eigenvalue weighted by atomic mass is 35.5. The van der Waals surface area contributed by atoms with E-state index >= 15 is 0 Å². The maximum Gasteiger partial charge on any atom is 0.235 e. The summed E-state index contributed by atoms with van der Waals surface area (Å²) in [5.41, 5.74) is 0.986. The third-order valence-electron chi connectivity index (χ3n) is 2.08. The van der Waals surface area contributed by atoms with E-state index in [2.05, 4.69) is 0 Å². The molecule has 0 aliphatic carbocycles. The number of hydrogen-bond donors (Lipinski definition) is 0. The molecule has 0 N–H and O–H groups in total. The van der Waals surface area contributed by atoms with Crippen LogP contribution in [0.3, 0.4) is 0 Å². The molecule has 2 rings (SSSR count). The Hall–Kier alpha value is -1.45. The Kier molecular flexibility index (Phi) is 3.17. The third kappa shape index (κ3) is 2.21.